The molecular formula is C22H15N3O4. The maximum Gasteiger partial charge on any atom is 0.260 e. The van der Waals surface area contributed by atoms with Crippen LogP contribution in [0.15, 0.2) is 54.7 Å². The standard InChI is InChI=1S/C22H15N3O4/c1-24-18(27)11-22(21(24)29)16-10-13(12-26)7-8-15(16)20(28)25(22)17-6-2-4-14-5-3-9-23-19(14)17/h2-10,12H,11H2,1H3. The number of imide groups is 1. The van der Waals surface area contributed by atoms with Gasteiger partial charge in [-0.2, -0.15) is 0 Å². The van der Waals surface area contributed by atoms with Crippen molar-refractivity contribution >= 4 is 40.6 Å². The molecule has 29 heavy (non-hydrogen) atoms. The van der Waals surface area contributed by atoms with Gasteiger partial charge in [0.25, 0.3) is 11.8 Å². The van der Waals surface area contributed by atoms with Gasteiger partial charge in [-0.25, -0.2) is 0 Å². The molecular weight excluding hydrogens is 370 g/mol. The Balaban J connectivity index is 1.85. The summed E-state index contributed by atoms with van der Waals surface area (Å²) in [6.07, 6.45) is 2.09. The third-order valence-electron chi connectivity index (χ3n) is 5.73. The lowest BCUT2D eigenvalue weighted by molar-refractivity contribution is -0.138. The van der Waals surface area contributed by atoms with Crippen LogP contribution in [0.25, 0.3) is 10.9 Å². The number of amides is 3. The molecule has 7 nitrogen and oxygen atoms in total. The summed E-state index contributed by atoms with van der Waals surface area (Å²) in [5.74, 6) is -1.28. The summed E-state index contributed by atoms with van der Waals surface area (Å²) in [5, 5.41) is 0.808. The SMILES string of the molecule is CN1C(=O)CC2(C1=O)c1cc(C=O)ccc1C(=O)N2c1cccc2cccnc12. The van der Waals surface area contributed by atoms with Gasteiger partial charge in [0.15, 0.2) is 5.54 Å². The van der Waals surface area contributed by atoms with E-state index >= 15 is 0 Å². The highest BCUT2D eigenvalue weighted by atomic mass is 16.2. The number of para-hydroxylation sites is 1. The number of likely N-dealkylation sites (tertiary alicyclic amines) is 1. The van der Waals surface area contributed by atoms with Gasteiger partial charge in [-0.1, -0.05) is 24.3 Å². The molecule has 0 saturated carbocycles. The largest absolute Gasteiger partial charge is 0.298 e. The van der Waals surface area contributed by atoms with E-state index in [9.17, 15) is 19.2 Å². The van der Waals surface area contributed by atoms with Gasteiger partial charge in [0.1, 0.15) is 6.29 Å². The van der Waals surface area contributed by atoms with E-state index in [0.29, 0.717) is 34.2 Å². The van der Waals surface area contributed by atoms with Crippen molar-refractivity contribution in [1.82, 2.24) is 9.88 Å². The molecule has 3 aromatic rings. The molecule has 0 radical (unpaired) electrons. The number of hydrogen-bond donors (Lipinski definition) is 0. The number of likely N-dealkylation sites (N-methyl/N-ethyl adjacent to an activating group) is 1. The van der Waals surface area contributed by atoms with Crippen LogP contribution in [0.2, 0.25) is 0 Å². The van der Waals surface area contributed by atoms with Gasteiger partial charge in [0.2, 0.25) is 5.91 Å². The van der Waals surface area contributed by atoms with Gasteiger partial charge in [-0.05, 0) is 24.3 Å². The number of aromatic nitrogens is 1. The summed E-state index contributed by atoms with van der Waals surface area (Å²) in [6.45, 7) is 0. The number of rotatable bonds is 2. The van der Waals surface area contributed by atoms with Gasteiger partial charge in [0, 0.05) is 35.3 Å². The van der Waals surface area contributed by atoms with E-state index < -0.39 is 17.4 Å². The number of anilines is 1. The summed E-state index contributed by atoms with van der Waals surface area (Å²) >= 11 is 0. The summed E-state index contributed by atoms with van der Waals surface area (Å²) in [4.78, 5) is 57.6. The van der Waals surface area contributed by atoms with Gasteiger partial charge < -0.3 is 0 Å². The first-order valence-electron chi connectivity index (χ1n) is 9.08. The Morgan fingerprint density at radius 2 is 1.86 bits per heavy atom. The van der Waals surface area contributed by atoms with Crippen molar-refractivity contribution in [3.8, 4) is 0 Å². The average Bonchev–Trinajstić information content (AvgIpc) is 3.12. The van der Waals surface area contributed by atoms with Crippen LogP contribution >= 0.6 is 0 Å². The molecule has 0 aliphatic carbocycles. The highest BCUT2D eigenvalue weighted by Gasteiger charge is 2.62. The lowest BCUT2D eigenvalue weighted by Crippen LogP contribution is -2.49. The minimum atomic E-state index is -1.52. The molecule has 5 rings (SSSR count). The number of pyridine rings is 1. The topological polar surface area (TPSA) is 87.7 Å². The summed E-state index contributed by atoms with van der Waals surface area (Å²) in [6, 6.07) is 13.6. The fourth-order valence-corrected chi connectivity index (χ4v) is 4.35. The zero-order valence-electron chi connectivity index (χ0n) is 15.5. The van der Waals surface area contributed by atoms with E-state index in [1.165, 1.54) is 30.1 Å². The van der Waals surface area contributed by atoms with E-state index in [2.05, 4.69) is 4.98 Å². The second kappa shape index (κ2) is 5.81. The van der Waals surface area contributed by atoms with Crippen molar-refractivity contribution in [1.29, 1.82) is 0 Å². The van der Waals surface area contributed by atoms with E-state index in [-0.39, 0.29) is 12.3 Å². The number of carbonyl (C=O) groups excluding carboxylic acids is 4. The molecule has 3 amide bonds. The first-order valence-corrected chi connectivity index (χ1v) is 9.08. The van der Waals surface area contributed by atoms with E-state index in [0.717, 1.165) is 10.3 Å². The number of fused-ring (bicyclic) bond motifs is 3. The fraction of sp³-hybridized carbons (Fsp3) is 0.136. The Morgan fingerprint density at radius 3 is 2.59 bits per heavy atom. The number of aldehydes is 1. The fourth-order valence-electron chi connectivity index (χ4n) is 4.35. The molecule has 1 aromatic heterocycles. The highest BCUT2D eigenvalue weighted by molar-refractivity contribution is 6.24. The number of carbonyl (C=O) groups is 4. The minimum Gasteiger partial charge on any atom is -0.298 e. The predicted molar refractivity (Wildman–Crippen MR) is 104 cm³/mol. The van der Waals surface area contributed by atoms with E-state index in [4.69, 9.17) is 0 Å². The van der Waals surface area contributed by atoms with E-state index in [1.54, 1.807) is 24.4 Å². The molecule has 2 aliphatic heterocycles. The van der Waals surface area contributed by atoms with Gasteiger partial charge in [-0.3, -0.25) is 34.0 Å². The van der Waals surface area contributed by atoms with Crippen molar-refractivity contribution in [2.45, 2.75) is 12.0 Å². The third kappa shape index (κ3) is 2.09. The molecule has 0 bridgehead atoms. The monoisotopic (exact) mass is 385 g/mol. The lowest BCUT2D eigenvalue weighted by Gasteiger charge is -2.33. The van der Waals surface area contributed by atoms with Gasteiger partial charge in [0.05, 0.1) is 17.6 Å². The lowest BCUT2D eigenvalue weighted by atomic mass is 9.86. The maximum absolute atomic E-state index is 13.5. The molecule has 0 N–H and O–H groups in total. The second-order valence-electron chi connectivity index (χ2n) is 7.21. The average molecular weight is 385 g/mol. The van der Waals surface area contributed by atoms with Crippen molar-refractivity contribution in [3.05, 3.63) is 71.4 Å². The first kappa shape index (κ1) is 17.2. The Bertz CT molecular complexity index is 1250. The predicted octanol–water partition coefficient (Wildman–Crippen LogP) is 2.29. The number of nitrogens with zero attached hydrogens (tertiary/aromatic N) is 3. The Morgan fingerprint density at radius 1 is 1.07 bits per heavy atom. The Labute approximate surface area is 165 Å². The summed E-state index contributed by atoms with van der Waals surface area (Å²) < 4.78 is 0. The number of benzene rings is 2. The van der Waals surface area contributed by atoms with Crippen molar-refractivity contribution < 1.29 is 19.2 Å². The normalized spacial score (nSPS) is 20.8. The van der Waals surface area contributed by atoms with Gasteiger partial charge >= 0.3 is 0 Å². The Kier molecular flexibility index (Phi) is 3.46. The molecule has 7 heteroatoms. The van der Waals surface area contributed by atoms with Crippen LogP contribution in [0, 0.1) is 0 Å². The molecule has 3 heterocycles. The molecule has 142 valence electrons. The van der Waals surface area contributed by atoms with E-state index in [1.807, 2.05) is 12.1 Å². The minimum absolute atomic E-state index is 0.188. The maximum atomic E-state index is 13.5. The third-order valence-corrected chi connectivity index (χ3v) is 5.73. The quantitative estimate of drug-likeness (QED) is 0.499. The van der Waals surface area contributed by atoms with Crippen LogP contribution < -0.4 is 4.90 Å². The van der Waals surface area contributed by atoms with Crippen molar-refractivity contribution in [2.75, 3.05) is 11.9 Å². The second-order valence-corrected chi connectivity index (χ2v) is 7.21. The molecule has 2 aliphatic rings. The van der Waals surface area contributed by atoms with Gasteiger partial charge in [-0.15, -0.1) is 0 Å². The van der Waals surface area contributed by atoms with Crippen LogP contribution in [0.5, 0.6) is 0 Å². The van der Waals surface area contributed by atoms with Crippen molar-refractivity contribution in [2.24, 2.45) is 0 Å². The van der Waals surface area contributed by atoms with Crippen LogP contribution in [-0.2, 0) is 15.1 Å². The molecule has 1 spiro atoms. The zero-order valence-corrected chi connectivity index (χ0v) is 15.5. The van der Waals surface area contributed by atoms with Crippen LogP contribution in [0.3, 0.4) is 0 Å². The first-order chi connectivity index (χ1) is 14.0. The van der Waals surface area contributed by atoms with Crippen LogP contribution in [0.4, 0.5) is 5.69 Å². The van der Waals surface area contributed by atoms with Crippen LogP contribution in [0.1, 0.15) is 32.7 Å². The zero-order chi connectivity index (χ0) is 20.3. The highest BCUT2D eigenvalue weighted by Crippen LogP contribution is 2.50. The van der Waals surface area contributed by atoms with Crippen LogP contribution in [-0.4, -0.2) is 40.9 Å². The van der Waals surface area contributed by atoms with Crippen molar-refractivity contribution in [3.63, 3.8) is 0 Å². The Hall–Kier alpha value is -3.87. The molecule has 2 aromatic carbocycles. The molecule has 1 unspecified atom stereocenters. The molecule has 1 fully saturated rings. The number of hydrogen-bond acceptors (Lipinski definition) is 5. The smallest absolute Gasteiger partial charge is 0.260 e. The summed E-state index contributed by atoms with van der Waals surface area (Å²) in [7, 11) is 1.41. The molecule has 1 atom stereocenters. The summed E-state index contributed by atoms with van der Waals surface area (Å²) in [5.41, 5.74) is 0.504. The molecule has 1 saturated heterocycles.